The minimum atomic E-state index is -3.85. The van der Waals surface area contributed by atoms with Crippen molar-refractivity contribution in [1.29, 1.82) is 0 Å². The quantitative estimate of drug-likeness (QED) is 0.526. The molecule has 1 amide bonds. The molecule has 1 N–H and O–H groups in total. The number of nitrogens with one attached hydrogen (secondary N) is 1. The van der Waals surface area contributed by atoms with Crippen LogP contribution in [0, 0.1) is 0 Å². The zero-order valence-corrected chi connectivity index (χ0v) is 19.5. The van der Waals surface area contributed by atoms with E-state index in [0.29, 0.717) is 34.2 Å². The second kappa shape index (κ2) is 9.06. The van der Waals surface area contributed by atoms with E-state index in [4.69, 9.17) is 25.5 Å². The van der Waals surface area contributed by atoms with Gasteiger partial charge in [0.05, 0.1) is 24.1 Å². The van der Waals surface area contributed by atoms with Gasteiger partial charge in [-0.3, -0.25) is 10.1 Å². The molecule has 2 aromatic heterocycles. The van der Waals surface area contributed by atoms with Crippen molar-refractivity contribution in [1.82, 2.24) is 14.5 Å². The smallest absolute Gasteiger partial charge is 0.322 e. The number of benzene rings is 1. The topological polar surface area (TPSA) is 124 Å². The molecule has 0 radical (unpaired) electrons. The number of nitrogens with zero attached hydrogens (tertiary/aromatic N) is 3. The number of hydrogen-bond donors (Lipinski definition) is 1. The van der Waals surface area contributed by atoms with Crippen LogP contribution in [0.15, 0.2) is 39.0 Å². The van der Waals surface area contributed by atoms with Crippen LogP contribution in [0.25, 0.3) is 11.5 Å². The fourth-order valence-electron chi connectivity index (χ4n) is 3.39. The lowest BCUT2D eigenvalue weighted by Gasteiger charge is -2.21. The van der Waals surface area contributed by atoms with E-state index in [0.717, 1.165) is 11.3 Å². The number of ether oxygens (including phenoxy) is 2. The molecule has 10 nitrogen and oxygen atoms in total. The molecule has 0 bridgehead atoms. The summed E-state index contributed by atoms with van der Waals surface area (Å²) in [6.07, 6.45) is 0.918. The number of halogens is 1. The Labute approximate surface area is 193 Å². The number of carbonyl (C=O) groups excluding carboxylic acids is 1. The van der Waals surface area contributed by atoms with Crippen LogP contribution in [-0.4, -0.2) is 55.6 Å². The van der Waals surface area contributed by atoms with E-state index in [-0.39, 0.29) is 22.7 Å². The van der Waals surface area contributed by atoms with E-state index in [9.17, 15) is 13.2 Å². The van der Waals surface area contributed by atoms with Crippen molar-refractivity contribution in [2.24, 2.45) is 0 Å². The van der Waals surface area contributed by atoms with E-state index in [1.54, 1.807) is 18.2 Å². The molecule has 170 valence electrons. The van der Waals surface area contributed by atoms with Crippen molar-refractivity contribution in [3.05, 3.63) is 34.7 Å². The average Bonchev–Trinajstić information content (AvgIpc) is 3.54. The summed E-state index contributed by atoms with van der Waals surface area (Å²) < 4.78 is 43.6. The van der Waals surface area contributed by atoms with Crippen molar-refractivity contribution in [3.8, 4) is 23.0 Å². The van der Waals surface area contributed by atoms with Gasteiger partial charge in [0.2, 0.25) is 5.91 Å². The third-order valence-corrected chi connectivity index (χ3v) is 8.52. The second-order valence-electron chi connectivity index (χ2n) is 6.80. The first kappa shape index (κ1) is 22.5. The van der Waals surface area contributed by atoms with Crippen LogP contribution < -0.4 is 14.8 Å². The van der Waals surface area contributed by atoms with Crippen molar-refractivity contribution in [2.75, 3.05) is 26.1 Å². The van der Waals surface area contributed by atoms with Gasteiger partial charge in [0, 0.05) is 6.54 Å². The lowest BCUT2D eigenvalue weighted by Crippen LogP contribution is -2.42. The first-order valence-corrected chi connectivity index (χ1v) is 12.1. The lowest BCUT2D eigenvalue weighted by molar-refractivity contribution is -0.119. The first-order valence-electron chi connectivity index (χ1n) is 9.47. The Morgan fingerprint density at radius 2 is 2.06 bits per heavy atom. The highest BCUT2D eigenvalue weighted by molar-refractivity contribution is 7.91. The van der Waals surface area contributed by atoms with Gasteiger partial charge in [-0.1, -0.05) is 16.7 Å². The van der Waals surface area contributed by atoms with Crippen LogP contribution in [0.4, 0.5) is 6.01 Å². The van der Waals surface area contributed by atoms with Crippen molar-refractivity contribution < 1.29 is 27.1 Å². The molecular weight excluding hydrogens is 480 g/mol. The molecule has 1 aliphatic rings. The average molecular weight is 499 g/mol. The van der Waals surface area contributed by atoms with E-state index in [2.05, 4.69) is 15.5 Å². The minimum Gasteiger partial charge on any atom is -0.497 e. The number of sulfonamides is 1. The Morgan fingerprint density at radius 3 is 2.75 bits per heavy atom. The Hall–Kier alpha value is -2.67. The van der Waals surface area contributed by atoms with Crippen LogP contribution in [-0.2, 0) is 14.8 Å². The zero-order valence-electron chi connectivity index (χ0n) is 17.1. The predicted molar refractivity (Wildman–Crippen MR) is 118 cm³/mol. The third-order valence-electron chi connectivity index (χ3n) is 4.91. The SMILES string of the molecule is COc1ccc(OC)c(-c2nnc(NC(=O)C3CCCN3S(=O)(=O)c3ccc(Cl)s3)o2)c1. The molecule has 0 aliphatic carbocycles. The molecule has 3 heterocycles. The van der Waals surface area contributed by atoms with Crippen LogP contribution in [0.5, 0.6) is 11.5 Å². The maximum atomic E-state index is 13.0. The number of anilines is 1. The molecule has 1 unspecified atom stereocenters. The Balaban J connectivity index is 1.53. The number of amides is 1. The number of carbonyl (C=O) groups is 1. The van der Waals surface area contributed by atoms with Crippen LogP contribution in [0.1, 0.15) is 12.8 Å². The van der Waals surface area contributed by atoms with E-state index >= 15 is 0 Å². The van der Waals surface area contributed by atoms with Gasteiger partial charge in [0.15, 0.2) is 0 Å². The largest absolute Gasteiger partial charge is 0.497 e. The monoisotopic (exact) mass is 498 g/mol. The number of hydrogen-bond acceptors (Lipinski definition) is 9. The summed E-state index contributed by atoms with van der Waals surface area (Å²) >= 11 is 6.83. The van der Waals surface area contributed by atoms with Crippen LogP contribution in [0.2, 0.25) is 4.34 Å². The van der Waals surface area contributed by atoms with Crippen LogP contribution in [0.3, 0.4) is 0 Å². The van der Waals surface area contributed by atoms with Gasteiger partial charge in [0.25, 0.3) is 15.9 Å². The van der Waals surface area contributed by atoms with Crippen molar-refractivity contribution in [3.63, 3.8) is 0 Å². The maximum Gasteiger partial charge on any atom is 0.322 e. The highest BCUT2D eigenvalue weighted by Gasteiger charge is 2.40. The normalized spacial score (nSPS) is 16.8. The number of rotatable bonds is 7. The van der Waals surface area contributed by atoms with Gasteiger partial charge in [-0.25, -0.2) is 8.42 Å². The molecular formula is C19H19ClN4O6S2. The summed E-state index contributed by atoms with van der Waals surface area (Å²) in [6, 6.07) is 6.96. The van der Waals surface area contributed by atoms with E-state index < -0.39 is 22.0 Å². The minimum absolute atomic E-state index is 0.0902. The van der Waals surface area contributed by atoms with Gasteiger partial charge >= 0.3 is 6.01 Å². The van der Waals surface area contributed by atoms with Gasteiger partial charge < -0.3 is 13.9 Å². The van der Waals surface area contributed by atoms with Gasteiger partial charge in [-0.15, -0.1) is 16.4 Å². The zero-order chi connectivity index (χ0) is 22.9. The Morgan fingerprint density at radius 1 is 1.25 bits per heavy atom. The van der Waals surface area contributed by atoms with Crippen LogP contribution >= 0.6 is 22.9 Å². The van der Waals surface area contributed by atoms with Gasteiger partial charge in [-0.05, 0) is 43.2 Å². The fraction of sp³-hybridized carbons (Fsp3) is 0.316. The molecule has 0 spiro atoms. The molecule has 1 fully saturated rings. The molecule has 1 aliphatic heterocycles. The molecule has 32 heavy (non-hydrogen) atoms. The number of aromatic nitrogens is 2. The van der Waals surface area contributed by atoms with Gasteiger partial charge in [0.1, 0.15) is 21.8 Å². The summed E-state index contributed by atoms with van der Waals surface area (Å²) in [5, 5.41) is 10.3. The standard InChI is InChI=1S/C19H19ClN4O6S2/c1-28-11-5-6-14(29-2)12(10-11)18-22-23-19(30-18)21-17(25)13-4-3-9-24(13)32(26,27)16-8-7-15(20)31-16/h5-8,10,13H,3-4,9H2,1-2H3,(H,21,23,25). The third kappa shape index (κ3) is 4.31. The molecule has 13 heteroatoms. The highest BCUT2D eigenvalue weighted by atomic mass is 35.5. The van der Waals surface area contributed by atoms with E-state index in [1.165, 1.54) is 30.7 Å². The highest BCUT2D eigenvalue weighted by Crippen LogP contribution is 2.34. The summed E-state index contributed by atoms with van der Waals surface area (Å²) in [6.45, 7) is 0.228. The predicted octanol–water partition coefficient (Wildman–Crippen LogP) is 3.26. The Kier molecular flexibility index (Phi) is 6.38. The first-order chi connectivity index (χ1) is 15.3. The fourth-order valence-corrected chi connectivity index (χ4v) is 6.66. The van der Waals surface area contributed by atoms with E-state index in [1.807, 2.05) is 0 Å². The summed E-state index contributed by atoms with van der Waals surface area (Å²) in [5.41, 5.74) is 0.486. The molecule has 0 saturated carbocycles. The second-order valence-corrected chi connectivity index (χ2v) is 10.6. The summed E-state index contributed by atoms with van der Waals surface area (Å²) in [7, 11) is -0.825. The molecule has 3 aromatic rings. The van der Waals surface area contributed by atoms with Crippen molar-refractivity contribution >= 4 is 44.9 Å². The molecule has 1 saturated heterocycles. The maximum absolute atomic E-state index is 13.0. The summed E-state index contributed by atoms with van der Waals surface area (Å²) in [4.78, 5) is 12.9. The molecule has 1 atom stereocenters. The van der Waals surface area contributed by atoms with Crippen molar-refractivity contribution in [2.45, 2.75) is 23.1 Å². The summed E-state index contributed by atoms with van der Waals surface area (Å²) in [5.74, 6) is 0.599. The number of methoxy groups -OCH3 is 2. The molecule has 4 rings (SSSR count). The molecule has 1 aromatic carbocycles. The number of thiophene rings is 1. The Bertz CT molecular complexity index is 1240. The lowest BCUT2D eigenvalue weighted by atomic mass is 10.2. The van der Waals surface area contributed by atoms with Gasteiger partial charge in [-0.2, -0.15) is 4.31 Å².